The third kappa shape index (κ3) is 6.01. The standard InChI is InChI=1S/C13H22N2O5/c1-2-5-14-11(16)3-4-12(17)15-6-7-20-10(9-15)8-13(18)19/h10H,2-9H2,1H3,(H,14,16)(H,18,19). The molecule has 7 heteroatoms. The van der Waals surface area contributed by atoms with E-state index in [1.807, 2.05) is 6.92 Å². The van der Waals surface area contributed by atoms with Crippen LogP contribution in [0.4, 0.5) is 0 Å². The monoisotopic (exact) mass is 286 g/mol. The molecule has 2 amide bonds. The molecular formula is C13H22N2O5. The molecule has 0 bridgehead atoms. The maximum atomic E-state index is 12.0. The second-order valence-electron chi connectivity index (χ2n) is 4.78. The minimum absolute atomic E-state index is 0.110. The van der Waals surface area contributed by atoms with Gasteiger partial charge in [-0.05, 0) is 6.42 Å². The van der Waals surface area contributed by atoms with E-state index in [0.29, 0.717) is 19.7 Å². The van der Waals surface area contributed by atoms with Gasteiger partial charge in [-0.15, -0.1) is 0 Å². The molecule has 1 heterocycles. The molecular weight excluding hydrogens is 264 g/mol. The highest BCUT2D eigenvalue weighted by atomic mass is 16.5. The molecule has 7 nitrogen and oxygen atoms in total. The Morgan fingerprint density at radius 3 is 2.75 bits per heavy atom. The average Bonchev–Trinajstić information content (AvgIpc) is 2.42. The lowest BCUT2D eigenvalue weighted by atomic mass is 10.2. The molecule has 0 spiro atoms. The molecule has 20 heavy (non-hydrogen) atoms. The van der Waals surface area contributed by atoms with Crippen LogP contribution in [-0.4, -0.2) is 60.1 Å². The third-order valence-corrected chi connectivity index (χ3v) is 3.03. The Labute approximate surface area is 118 Å². The summed E-state index contributed by atoms with van der Waals surface area (Å²) in [4.78, 5) is 35.6. The summed E-state index contributed by atoms with van der Waals surface area (Å²) in [5, 5.41) is 11.4. The van der Waals surface area contributed by atoms with Gasteiger partial charge in [-0.2, -0.15) is 0 Å². The van der Waals surface area contributed by atoms with Crippen LogP contribution in [0.25, 0.3) is 0 Å². The zero-order valence-electron chi connectivity index (χ0n) is 11.8. The number of nitrogens with zero attached hydrogens (tertiary/aromatic N) is 1. The highest BCUT2D eigenvalue weighted by Crippen LogP contribution is 2.10. The highest BCUT2D eigenvalue weighted by molar-refractivity contribution is 5.83. The van der Waals surface area contributed by atoms with Crippen LogP contribution in [0, 0.1) is 0 Å². The molecule has 114 valence electrons. The normalized spacial score (nSPS) is 18.6. The fraction of sp³-hybridized carbons (Fsp3) is 0.769. The predicted molar refractivity (Wildman–Crippen MR) is 71.1 cm³/mol. The summed E-state index contributed by atoms with van der Waals surface area (Å²) in [5.74, 6) is -1.20. The molecule has 0 aromatic carbocycles. The van der Waals surface area contributed by atoms with Crippen LogP contribution in [0.5, 0.6) is 0 Å². The van der Waals surface area contributed by atoms with E-state index in [4.69, 9.17) is 9.84 Å². The van der Waals surface area contributed by atoms with Crippen LogP contribution in [-0.2, 0) is 19.1 Å². The largest absolute Gasteiger partial charge is 0.481 e. The number of carboxylic acid groups (broad SMARTS) is 1. The van der Waals surface area contributed by atoms with Crippen LogP contribution in [0.1, 0.15) is 32.6 Å². The summed E-state index contributed by atoms with van der Waals surface area (Å²) in [6.45, 7) is 3.64. The highest BCUT2D eigenvalue weighted by Gasteiger charge is 2.25. The fourth-order valence-corrected chi connectivity index (χ4v) is 2.00. The number of carbonyl (C=O) groups is 3. The van der Waals surface area contributed by atoms with Gasteiger partial charge in [-0.1, -0.05) is 6.92 Å². The Balaban J connectivity index is 2.31. The molecule has 1 saturated heterocycles. The number of rotatable bonds is 7. The molecule has 0 aliphatic carbocycles. The first-order valence-corrected chi connectivity index (χ1v) is 6.90. The van der Waals surface area contributed by atoms with E-state index >= 15 is 0 Å². The molecule has 1 fully saturated rings. The molecule has 1 atom stereocenters. The number of carbonyl (C=O) groups excluding carboxylic acids is 2. The van der Waals surface area contributed by atoms with E-state index in [1.54, 1.807) is 4.90 Å². The van der Waals surface area contributed by atoms with Crippen LogP contribution in [0.3, 0.4) is 0 Å². The number of ether oxygens (including phenoxy) is 1. The van der Waals surface area contributed by atoms with Crippen molar-refractivity contribution in [3.05, 3.63) is 0 Å². The molecule has 2 N–H and O–H groups in total. The van der Waals surface area contributed by atoms with Crippen molar-refractivity contribution in [2.75, 3.05) is 26.2 Å². The van der Waals surface area contributed by atoms with Crippen molar-refractivity contribution in [3.63, 3.8) is 0 Å². The summed E-state index contributed by atoms with van der Waals surface area (Å²) in [6.07, 6.45) is 0.606. The van der Waals surface area contributed by atoms with Gasteiger partial charge < -0.3 is 20.1 Å². The molecule has 0 saturated carbocycles. The Hall–Kier alpha value is -1.63. The Morgan fingerprint density at radius 2 is 2.10 bits per heavy atom. The number of hydrogen-bond donors (Lipinski definition) is 2. The lowest BCUT2D eigenvalue weighted by Crippen LogP contribution is -2.46. The van der Waals surface area contributed by atoms with Crippen molar-refractivity contribution in [1.82, 2.24) is 10.2 Å². The Kier molecular flexibility index (Phi) is 7.00. The molecule has 1 aliphatic rings. The second kappa shape index (κ2) is 8.52. The zero-order chi connectivity index (χ0) is 15.0. The molecule has 1 rings (SSSR count). The number of morpholine rings is 1. The van der Waals surface area contributed by atoms with Crippen molar-refractivity contribution in [1.29, 1.82) is 0 Å². The number of nitrogens with one attached hydrogen (secondary N) is 1. The van der Waals surface area contributed by atoms with E-state index in [2.05, 4.69) is 5.32 Å². The zero-order valence-corrected chi connectivity index (χ0v) is 11.8. The maximum Gasteiger partial charge on any atom is 0.306 e. The van der Waals surface area contributed by atoms with Gasteiger partial charge >= 0.3 is 5.97 Å². The summed E-state index contributed by atoms with van der Waals surface area (Å²) < 4.78 is 5.29. The Morgan fingerprint density at radius 1 is 1.35 bits per heavy atom. The van der Waals surface area contributed by atoms with Crippen LogP contribution < -0.4 is 5.32 Å². The quantitative estimate of drug-likeness (QED) is 0.686. The van der Waals surface area contributed by atoms with Crippen molar-refractivity contribution >= 4 is 17.8 Å². The summed E-state index contributed by atoms with van der Waals surface area (Å²) in [6, 6.07) is 0. The molecule has 1 unspecified atom stereocenters. The fourth-order valence-electron chi connectivity index (χ4n) is 2.00. The third-order valence-electron chi connectivity index (χ3n) is 3.03. The van der Waals surface area contributed by atoms with E-state index in [1.165, 1.54) is 0 Å². The summed E-state index contributed by atoms with van der Waals surface area (Å²) in [7, 11) is 0. The first-order valence-electron chi connectivity index (χ1n) is 6.90. The van der Waals surface area contributed by atoms with Crippen LogP contribution in [0.2, 0.25) is 0 Å². The van der Waals surface area contributed by atoms with Gasteiger partial charge in [0.25, 0.3) is 0 Å². The molecule has 1 aliphatic heterocycles. The number of aliphatic carboxylic acids is 1. The lowest BCUT2D eigenvalue weighted by molar-refractivity contribution is -0.148. The lowest BCUT2D eigenvalue weighted by Gasteiger charge is -2.32. The molecule has 0 aromatic heterocycles. The topological polar surface area (TPSA) is 95.9 Å². The molecule has 0 aromatic rings. The maximum absolute atomic E-state index is 12.0. The van der Waals surface area contributed by atoms with Gasteiger partial charge in [0, 0.05) is 32.5 Å². The average molecular weight is 286 g/mol. The SMILES string of the molecule is CCCNC(=O)CCC(=O)N1CCOC(CC(=O)O)C1. The van der Waals surface area contributed by atoms with Crippen molar-refractivity contribution in [3.8, 4) is 0 Å². The predicted octanol–water partition coefficient (Wildman–Crippen LogP) is -0.00510. The first kappa shape index (κ1) is 16.4. The van der Waals surface area contributed by atoms with E-state index in [0.717, 1.165) is 6.42 Å². The van der Waals surface area contributed by atoms with Crippen LogP contribution in [0.15, 0.2) is 0 Å². The van der Waals surface area contributed by atoms with Gasteiger partial charge in [0.1, 0.15) is 0 Å². The minimum atomic E-state index is -0.941. The van der Waals surface area contributed by atoms with E-state index in [-0.39, 0.29) is 37.6 Å². The van der Waals surface area contributed by atoms with Crippen molar-refractivity contribution < 1.29 is 24.2 Å². The molecule has 0 radical (unpaired) electrons. The van der Waals surface area contributed by atoms with E-state index in [9.17, 15) is 14.4 Å². The number of amides is 2. The van der Waals surface area contributed by atoms with Crippen LogP contribution >= 0.6 is 0 Å². The van der Waals surface area contributed by atoms with Gasteiger partial charge in [0.15, 0.2) is 0 Å². The Bertz CT molecular complexity index is 359. The van der Waals surface area contributed by atoms with Gasteiger partial charge in [0.2, 0.25) is 11.8 Å². The second-order valence-corrected chi connectivity index (χ2v) is 4.78. The van der Waals surface area contributed by atoms with Crippen molar-refractivity contribution in [2.45, 2.75) is 38.7 Å². The van der Waals surface area contributed by atoms with E-state index < -0.39 is 12.1 Å². The number of carboxylic acids is 1. The smallest absolute Gasteiger partial charge is 0.306 e. The summed E-state index contributed by atoms with van der Waals surface area (Å²) >= 11 is 0. The first-order chi connectivity index (χ1) is 9.52. The minimum Gasteiger partial charge on any atom is -0.481 e. The van der Waals surface area contributed by atoms with Gasteiger partial charge in [-0.3, -0.25) is 14.4 Å². The summed E-state index contributed by atoms with van der Waals surface area (Å²) in [5.41, 5.74) is 0. The van der Waals surface area contributed by atoms with Crippen molar-refractivity contribution in [2.24, 2.45) is 0 Å². The number of hydrogen-bond acceptors (Lipinski definition) is 4. The van der Waals surface area contributed by atoms with Gasteiger partial charge in [-0.25, -0.2) is 0 Å². The van der Waals surface area contributed by atoms with Gasteiger partial charge in [0.05, 0.1) is 19.1 Å².